The molecule has 2 aliphatic rings. The lowest BCUT2D eigenvalue weighted by molar-refractivity contribution is -0.130. The van der Waals surface area contributed by atoms with Crippen LogP contribution in [0, 0.1) is 5.92 Å². The Labute approximate surface area is 97.8 Å². The Kier molecular flexibility index (Phi) is 4.22. The van der Waals surface area contributed by atoms with Crippen LogP contribution < -0.4 is 0 Å². The van der Waals surface area contributed by atoms with E-state index in [1.807, 2.05) is 4.90 Å². The van der Waals surface area contributed by atoms with Gasteiger partial charge in [0.2, 0.25) is 5.91 Å². The van der Waals surface area contributed by atoms with Crippen molar-refractivity contribution in [3.05, 3.63) is 0 Å². The largest absolute Gasteiger partial charge is 0.391 e. The Morgan fingerprint density at radius 3 is 2.56 bits per heavy atom. The first kappa shape index (κ1) is 11.9. The molecule has 1 aliphatic carbocycles. The predicted octanol–water partition coefficient (Wildman–Crippen LogP) is 1.94. The second kappa shape index (κ2) is 5.67. The summed E-state index contributed by atoms with van der Waals surface area (Å²) in [7, 11) is 0. The van der Waals surface area contributed by atoms with Crippen molar-refractivity contribution in [3.63, 3.8) is 0 Å². The van der Waals surface area contributed by atoms with E-state index in [0.717, 1.165) is 25.3 Å². The summed E-state index contributed by atoms with van der Waals surface area (Å²) in [6.45, 7) is 1.31. The van der Waals surface area contributed by atoms with Gasteiger partial charge in [-0.3, -0.25) is 4.79 Å². The van der Waals surface area contributed by atoms with E-state index in [9.17, 15) is 9.90 Å². The quantitative estimate of drug-likeness (QED) is 0.797. The third-order valence-electron chi connectivity index (χ3n) is 4.01. The van der Waals surface area contributed by atoms with E-state index in [-0.39, 0.29) is 12.0 Å². The van der Waals surface area contributed by atoms with Crippen LogP contribution in [0.15, 0.2) is 0 Å². The van der Waals surface area contributed by atoms with Crippen molar-refractivity contribution in [2.24, 2.45) is 5.92 Å². The van der Waals surface area contributed by atoms with Crippen LogP contribution in [0.3, 0.4) is 0 Å². The topological polar surface area (TPSA) is 40.5 Å². The summed E-state index contributed by atoms with van der Waals surface area (Å²) in [4.78, 5) is 13.7. The van der Waals surface area contributed by atoms with Gasteiger partial charge in [0.25, 0.3) is 0 Å². The van der Waals surface area contributed by atoms with E-state index < -0.39 is 0 Å². The summed E-state index contributed by atoms with van der Waals surface area (Å²) in [5.41, 5.74) is 0. The highest BCUT2D eigenvalue weighted by Crippen LogP contribution is 2.27. The monoisotopic (exact) mass is 225 g/mol. The second-order valence-corrected chi connectivity index (χ2v) is 5.32. The van der Waals surface area contributed by atoms with Gasteiger partial charge in [-0.2, -0.15) is 0 Å². The maximum atomic E-state index is 11.8. The van der Waals surface area contributed by atoms with Crippen molar-refractivity contribution in [2.75, 3.05) is 13.1 Å². The SMILES string of the molecule is O=C(CCC1CCCCC1)N1CC[C@H](O)C1. The van der Waals surface area contributed by atoms with Crippen LogP contribution in [0.5, 0.6) is 0 Å². The van der Waals surface area contributed by atoms with Gasteiger partial charge >= 0.3 is 0 Å². The number of nitrogens with zero attached hydrogens (tertiary/aromatic N) is 1. The molecule has 0 aromatic carbocycles. The zero-order valence-electron chi connectivity index (χ0n) is 10.0. The van der Waals surface area contributed by atoms with E-state index in [1.54, 1.807) is 0 Å². The molecular formula is C13H23NO2. The summed E-state index contributed by atoms with van der Waals surface area (Å²) in [5.74, 6) is 1.03. The van der Waals surface area contributed by atoms with E-state index in [4.69, 9.17) is 0 Å². The highest BCUT2D eigenvalue weighted by molar-refractivity contribution is 5.76. The first-order chi connectivity index (χ1) is 7.75. The molecule has 1 saturated heterocycles. The molecule has 1 heterocycles. The zero-order valence-corrected chi connectivity index (χ0v) is 10.0. The van der Waals surface area contributed by atoms with Gasteiger partial charge in [0.15, 0.2) is 0 Å². The molecule has 1 saturated carbocycles. The van der Waals surface area contributed by atoms with Crippen LogP contribution in [-0.2, 0) is 4.79 Å². The van der Waals surface area contributed by atoms with Gasteiger partial charge in [0.05, 0.1) is 6.10 Å². The number of hydrogen-bond donors (Lipinski definition) is 1. The first-order valence-corrected chi connectivity index (χ1v) is 6.71. The zero-order chi connectivity index (χ0) is 11.4. The molecule has 1 aliphatic heterocycles. The van der Waals surface area contributed by atoms with Crippen molar-refractivity contribution in [1.82, 2.24) is 4.90 Å². The third kappa shape index (κ3) is 3.21. The van der Waals surface area contributed by atoms with Crippen LogP contribution in [0.2, 0.25) is 0 Å². The van der Waals surface area contributed by atoms with Crippen LogP contribution in [0.1, 0.15) is 51.4 Å². The maximum Gasteiger partial charge on any atom is 0.222 e. The Bertz CT molecular complexity index is 236. The van der Waals surface area contributed by atoms with Gasteiger partial charge in [-0.05, 0) is 18.8 Å². The van der Waals surface area contributed by atoms with E-state index in [0.29, 0.717) is 13.0 Å². The molecule has 92 valence electrons. The molecule has 1 atom stereocenters. The highest BCUT2D eigenvalue weighted by atomic mass is 16.3. The second-order valence-electron chi connectivity index (χ2n) is 5.32. The average Bonchev–Trinajstić information content (AvgIpc) is 2.74. The first-order valence-electron chi connectivity index (χ1n) is 6.71. The molecule has 1 amide bonds. The summed E-state index contributed by atoms with van der Waals surface area (Å²) in [6.07, 6.45) is 8.94. The molecule has 0 bridgehead atoms. The van der Waals surface area contributed by atoms with Gasteiger partial charge < -0.3 is 10.0 Å². The third-order valence-corrected chi connectivity index (χ3v) is 4.01. The molecule has 3 heteroatoms. The smallest absolute Gasteiger partial charge is 0.222 e. The van der Waals surface area contributed by atoms with Gasteiger partial charge in [0.1, 0.15) is 0 Å². The van der Waals surface area contributed by atoms with Gasteiger partial charge in [0, 0.05) is 19.5 Å². The van der Waals surface area contributed by atoms with E-state index >= 15 is 0 Å². The fourth-order valence-electron chi connectivity index (χ4n) is 2.93. The highest BCUT2D eigenvalue weighted by Gasteiger charge is 2.24. The summed E-state index contributed by atoms with van der Waals surface area (Å²) in [5, 5.41) is 9.37. The minimum absolute atomic E-state index is 0.252. The molecule has 0 aromatic rings. The number of β-amino-alcohol motifs (C(OH)–C–C–N with tert-alkyl or cyclic N) is 1. The Morgan fingerprint density at radius 2 is 1.94 bits per heavy atom. The Hall–Kier alpha value is -0.570. The average molecular weight is 225 g/mol. The van der Waals surface area contributed by atoms with Crippen molar-refractivity contribution in [1.29, 1.82) is 0 Å². The molecule has 16 heavy (non-hydrogen) atoms. The van der Waals surface area contributed by atoms with Crippen LogP contribution in [-0.4, -0.2) is 35.1 Å². The van der Waals surface area contributed by atoms with Gasteiger partial charge in [-0.1, -0.05) is 32.1 Å². The van der Waals surface area contributed by atoms with E-state index in [2.05, 4.69) is 0 Å². The van der Waals surface area contributed by atoms with Crippen LogP contribution in [0.25, 0.3) is 0 Å². The summed E-state index contributed by atoms with van der Waals surface area (Å²) < 4.78 is 0. The summed E-state index contributed by atoms with van der Waals surface area (Å²) in [6, 6.07) is 0. The fourth-order valence-corrected chi connectivity index (χ4v) is 2.93. The number of hydrogen-bond acceptors (Lipinski definition) is 2. The molecule has 1 N–H and O–H groups in total. The normalized spacial score (nSPS) is 27.3. The number of amides is 1. The molecule has 2 fully saturated rings. The van der Waals surface area contributed by atoms with Crippen LogP contribution in [0.4, 0.5) is 0 Å². The Balaban J connectivity index is 1.67. The van der Waals surface area contributed by atoms with Gasteiger partial charge in [-0.25, -0.2) is 0 Å². The number of carbonyl (C=O) groups is 1. The standard InChI is InChI=1S/C13H23NO2/c15-12-8-9-14(10-12)13(16)7-6-11-4-2-1-3-5-11/h11-12,15H,1-10H2/t12-/m0/s1. The van der Waals surface area contributed by atoms with Gasteiger partial charge in [-0.15, -0.1) is 0 Å². The molecule has 2 rings (SSSR count). The molecule has 0 aromatic heterocycles. The van der Waals surface area contributed by atoms with Crippen molar-refractivity contribution >= 4 is 5.91 Å². The van der Waals surface area contributed by atoms with Crippen molar-refractivity contribution in [2.45, 2.75) is 57.5 Å². The molecule has 0 radical (unpaired) electrons. The van der Waals surface area contributed by atoms with E-state index in [1.165, 1.54) is 32.1 Å². The molecule has 0 spiro atoms. The lowest BCUT2D eigenvalue weighted by Gasteiger charge is -2.22. The van der Waals surface area contributed by atoms with Crippen molar-refractivity contribution in [3.8, 4) is 0 Å². The molecular weight excluding hydrogens is 202 g/mol. The number of rotatable bonds is 3. The fraction of sp³-hybridized carbons (Fsp3) is 0.923. The molecule has 3 nitrogen and oxygen atoms in total. The molecule has 0 unspecified atom stereocenters. The summed E-state index contributed by atoms with van der Waals surface area (Å²) >= 11 is 0. The maximum absolute atomic E-state index is 11.8. The minimum Gasteiger partial charge on any atom is -0.391 e. The lowest BCUT2D eigenvalue weighted by Crippen LogP contribution is -2.29. The number of aliphatic hydroxyl groups excluding tert-OH is 1. The lowest BCUT2D eigenvalue weighted by atomic mass is 9.86. The Morgan fingerprint density at radius 1 is 1.19 bits per heavy atom. The minimum atomic E-state index is -0.279. The van der Waals surface area contributed by atoms with Crippen LogP contribution >= 0.6 is 0 Å². The number of aliphatic hydroxyl groups is 1. The number of likely N-dealkylation sites (tertiary alicyclic amines) is 1. The predicted molar refractivity (Wildman–Crippen MR) is 63.0 cm³/mol. The van der Waals surface area contributed by atoms with Crippen molar-refractivity contribution < 1.29 is 9.90 Å². The number of carbonyl (C=O) groups excluding carboxylic acids is 1.